The largest absolute Gasteiger partial charge is 0.192 e. The third-order valence-electron chi connectivity index (χ3n) is 1.29. The van der Waals surface area contributed by atoms with Crippen LogP contribution in [-0.4, -0.2) is 0 Å². The molecule has 1 rings (SSSR count). The van der Waals surface area contributed by atoms with Crippen LogP contribution in [-0.2, 0) is 18.4 Å². The van der Waals surface area contributed by atoms with Gasteiger partial charge >= 0.3 is 0 Å². The van der Waals surface area contributed by atoms with E-state index in [1.807, 2.05) is 24.3 Å². The van der Waals surface area contributed by atoms with Gasteiger partial charge in [0.05, 0.1) is 11.6 Å². The van der Waals surface area contributed by atoms with Gasteiger partial charge in [-0.1, -0.05) is 12.1 Å². The summed E-state index contributed by atoms with van der Waals surface area (Å²) in [5.41, 5.74) is 1.90. The molecule has 0 saturated carbocycles. The molecule has 0 spiro atoms. The monoisotopic (exact) mass is 150 g/mol. The summed E-state index contributed by atoms with van der Waals surface area (Å²) in [4.78, 5) is 0. The topological polar surface area (TPSA) is 23.8 Å². The van der Waals surface area contributed by atoms with Gasteiger partial charge < -0.3 is 0 Å². The van der Waals surface area contributed by atoms with Gasteiger partial charge in [-0.3, -0.25) is 0 Å². The van der Waals surface area contributed by atoms with Gasteiger partial charge in [-0.05, 0) is 24.8 Å². The number of hydrogen-bond acceptors (Lipinski definition) is 1. The average molecular weight is 150 g/mol. The van der Waals surface area contributed by atoms with E-state index in [4.69, 9.17) is 5.26 Å². The Morgan fingerprint density at radius 3 is 2.30 bits per heavy atom. The summed E-state index contributed by atoms with van der Waals surface area (Å²) in [5, 5.41) is 8.44. The minimum absolute atomic E-state index is 0.712. The molecule has 50 valence electrons. The predicted molar refractivity (Wildman–Crippen MR) is 45.0 cm³/mol. The van der Waals surface area contributed by atoms with E-state index in [9.17, 15) is 0 Å². The second kappa shape index (κ2) is 3.28. The molecule has 1 nitrogen and oxygen atoms in total. The van der Waals surface area contributed by atoms with Crippen molar-refractivity contribution in [3.05, 3.63) is 35.4 Å². The van der Waals surface area contributed by atoms with E-state index in [1.165, 1.54) is 5.56 Å². The van der Waals surface area contributed by atoms with E-state index in [0.717, 1.165) is 5.75 Å². The maximum atomic E-state index is 8.44. The van der Waals surface area contributed by atoms with Crippen molar-refractivity contribution in [3.8, 4) is 6.07 Å². The SMILES string of the molecule is N#Cc1ccc(C[SH2+])cc1. The van der Waals surface area contributed by atoms with Gasteiger partial charge in [0.1, 0.15) is 5.75 Å². The van der Waals surface area contributed by atoms with E-state index < -0.39 is 0 Å². The van der Waals surface area contributed by atoms with Crippen molar-refractivity contribution in [3.63, 3.8) is 0 Å². The van der Waals surface area contributed by atoms with Crippen molar-refractivity contribution in [1.82, 2.24) is 0 Å². The van der Waals surface area contributed by atoms with Crippen molar-refractivity contribution >= 4 is 12.6 Å². The molecule has 0 N–H and O–H groups in total. The molecule has 0 bridgehead atoms. The van der Waals surface area contributed by atoms with Crippen LogP contribution >= 0.6 is 0 Å². The second-order valence-corrected chi connectivity index (χ2v) is 2.34. The molecule has 0 atom stereocenters. The lowest BCUT2D eigenvalue weighted by Gasteiger charge is -1.89. The van der Waals surface area contributed by atoms with Crippen molar-refractivity contribution in [2.75, 3.05) is 0 Å². The third kappa shape index (κ3) is 1.52. The summed E-state index contributed by atoms with van der Waals surface area (Å²) in [6.45, 7) is 0. The van der Waals surface area contributed by atoms with Gasteiger partial charge in [0, 0.05) is 5.56 Å². The van der Waals surface area contributed by atoms with Crippen LogP contribution in [0.25, 0.3) is 0 Å². The molecule has 0 aliphatic heterocycles. The van der Waals surface area contributed by atoms with Crippen LogP contribution in [0, 0.1) is 11.3 Å². The molecule has 0 amide bonds. The first kappa shape index (κ1) is 7.17. The fourth-order valence-corrected chi connectivity index (χ4v) is 0.933. The lowest BCUT2D eigenvalue weighted by molar-refractivity contribution is 1.40. The number of rotatable bonds is 1. The lowest BCUT2D eigenvalue weighted by Crippen LogP contribution is -1.79. The molecule has 0 aromatic heterocycles. The van der Waals surface area contributed by atoms with Crippen LogP contribution < -0.4 is 0 Å². The van der Waals surface area contributed by atoms with E-state index in [0.29, 0.717) is 5.56 Å². The molecule has 0 heterocycles. The van der Waals surface area contributed by atoms with Crippen LogP contribution in [0.1, 0.15) is 11.1 Å². The summed E-state index contributed by atoms with van der Waals surface area (Å²) in [5.74, 6) is 0.839. The second-order valence-electron chi connectivity index (χ2n) is 1.99. The Morgan fingerprint density at radius 1 is 1.30 bits per heavy atom. The number of hydrogen-bond donors (Lipinski definition) is 0. The quantitative estimate of drug-likeness (QED) is 0.549. The molecule has 0 radical (unpaired) electrons. The lowest BCUT2D eigenvalue weighted by atomic mass is 10.2. The maximum absolute atomic E-state index is 8.44. The zero-order valence-corrected chi connectivity index (χ0v) is 6.46. The van der Waals surface area contributed by atoms with Gasteiger partial charge in [0.25, 0.3) is 0 Å². The highest BCUT2D eigenvalue weighted by molar-refractivity contribution is 7.57. The van der Waals surface area contributed by atoms with Crippen molar-refractivity contribution < 1.29 is 0 Å². The Bertz CT molecular complexity index is 245. The highest BCUT2D eigenvalue weighted by Gasteiger charge is 1.91. The van der Waals surface area contributed by atoms with Crippen molar-refractivity contribution in [2.24, 2.45) is 0 Å². The van der Waals surface area contributed by atoms with Crippen molar-refractivity contribution in [2.45, 2.75) is 5.75 Å². The zero-order chi connectivity index (χ0) is 7.40. The number of nitrogens with zero attached hydrogens (tertiary/aromatic N) is 1. The first-order valence-electron chi connectivity index (χ1n) is 3.00. The van der Waals surface area contributed by atoms with E-state index in [-0.39, 0.29) is 0 Å². The highest BCUT2D eigenvalue weighted by Crippen LogP contribution is 2.02. The third-order valence-corrected chi connectivity index (χ3v) is 1.70. The molecule has 10 heavy (non-hydrogen) atoms. The molecule has 0 aliphatic rings. The Labute approximate surface area is 65.7 Å². The van der Waals surface area contributed by atoms with Crippen LogP contribution in [0.4, 0.5) is 0 Å². The molecule has 1 aromatic carbocycles. The molecule has 0 saturated heterocycles. The molecular formula is C8H8NS+. The first-order valence-corrected chi connectivity index (χ1v) is 3.71. The standard InChI is InChI=1S/C8H7NS/c9-5-7-1-3-8(6-10)4-2-7/h1-4,10H,6H2/p+1. The van der Waals surface area contributed by atoms with Crippen LogP contribution in [0.3, 0.4) is 0 Å². The molecule has 0 aliphatic carbocycles. The summed E-state index contributed by atoms with van der Waals surface area (Å²) in [7, 11) is 0. The molecule has 2 heteroatoms. The average Bonchev–Trinajstić information content (AvgIpc) is 2.05. The smallest absolute Gasteiger partial charge is 0.128 e. The predicted octanol–water partition coefficient (Wildman–Crippen LogP) is 1.07. The maximum Gasteiger partial charge on any atom is 0.128 e. The Kier molecular flexibility index (Phi) is 2.35. The van der Waals surface area contributed by atoms with Crippen molar-refractivity contribution in [1.29, 1.82) is 5.26 Å². The first-order chi connectivity index (χ1) is 4.86. The summed E-state index contributed by atoms with van der Waals surface area (Å²) >= 11 is 3.37. The molecule has 0 fully saturated rings. The number of benzene rings is 1. The van der Waals surface area contributed by atoms with Gasteiger partial charge in [-0.2, -0.15) is 5.26 Å². The Hall–Kier alpha value is -0.940. The minimum atomic E-state index is 0.712. The highest BCUT2D eigenvalue weighted by atomic mass is 32.1. The van der Waals surface area contributed by atoms with Gasteiger partial charge in [0.2, 0.25) is 0 Å². The Morgan fingerprint density at radius 2 is 1.90 bits per heavy atom. The van der Waals surface area contributed by atoms with Gasteiger partial charge in [-0.15, -0.1) is 0 Å². The van der Waals surface area contributed by atoms with E-state index >= 15 is 0 Å². The van der Waals surface area contributed by atoms with E-state index in [2.05, 4.69) is 18.7 Å². The normalized spacial score (nSPS) is 8.80. The summed E-state index contributed by atoms with van der Waals surface area (Å²) in [6.07, 6.45) is 0. The van der Waals surface area contributed by atoms with Gasteiger partial charge in [-0.25, -0.2) is 0 Å². The van der Waals surface area contributed by atoms with Crippen LogP contribution in [0.2, 0.25) is 0 Å². The summed E-state index contributed by atoms with van der Waals surface area (Å²) < 4.78 is 0. The molecule has 1 aromatic rings. The summed E-state index contributed by atoms with van der Waals surface area (Å²) in [6, 6.07) is 9.56. The Balaban J connectivity index is 2.93. The molecule has 0 unspecified atom stereocenters. The van der Waals surface area contributed by atoms with Crippen LogP contribution in [0.5, 0.6) is 0 Å². The molecular weight excluding hydrogens is 142 g/mol. The zero-order valence-electron chi connectivity index (χ0n) is 5.46. The van der Waals surface area contributed by atoms with E-state index in [1.54, 1.807) is 0 Å². The fourth-order valence-electron chi connectivity index (χ4n) is 0.697. The van der Waals surface area contributed by atoms with Crippen LogP contribution in [0.15, 0.2) is 24.3 Å². The van der Waals surface area contributed by atoms with Gasteiger partial charge in [0.15, 0.2) is 0 Å². The minimum Gasteiger partial charge on any atom is -0.192 e. The number of nitriles is 1. The fraction of sp³-hybridized carbons (Fsp3) is 0.125.